The SMILES string of the molecule is CO[C@@H]1C[C@H](O[C@H]2CC[C@@]3(C)[C@H](CCC(=O)[C@@H]3CC[C@]3(C)[C@@H](C4=CC(=O)OC4)CC[C@@H]3O)C2)O[C@H](C)[C@@H]1O[C@@H]1O[C@H](CO)[C@@H](O)[C@H](O)[C@H]1O. The van der Waals surface area contributed by atoms with Gasteiger partial charge in [-0.3, -0.25) is 4.79 Å². The van der Waals surface area contributed by atoms with Crippen molar-refractivity contribution >= 4 is 11.8 Å². The number of carbonyl (C=O) groups excluding carboxylic acids is 2. The molecule has 16 atom stereocenters. The number of hydrogen-bond acceptors (Lipinski definition) is 13. The Balaban J connectivity index is 1.05. The lowest BCUT2D eigenvalue weighted by molar-refractivity contribution is -0.345. The average Bonchev–Trinajstić information content (AvgIpc) is 3.63. The molecule has 5 N–H and O–H groups in total. The third-order valence-electron chi connectivity index (χ3n) is 13.2. The second kappa shape index (κ2) is 14.8. The second-order valence-corrected chi connectivity index (χ2v) is 15.9. The molecule has 6 rings (SSSR count). The molecule has 0 aromatic carbocycles. The number of esters is 1. The summed E-state index contributed by atoms with van der Waals surface area (Å²) in [5.41, 5.74) is 0.375. The molecule has 5 fully saturated rings. The Morgan fingerprint density at radius 3 is 2.43 bits per heavy atom. The van der Waals surface area contributed by atoms with E-state index in [-0.39, 0.29) is 35.9 Å². The normalized spacial score (nSPS) is 49.0. The van der Waals surface area contributed by atoms with Crippen LogP contribution in [0.1, 0.15) is 85.0 Å². The zero-order valence-corrected chi connectivity index (χ0v) is 29.1. The summed E-state index contributed by atoms with van der Waals surface area (Å²) < 4.78 is 35.4. The largest absolute Gasteiger partial charge is 0.458 e. The summed E-state index contributed by atoms with van der Waals surface area (Å²) in [7, 11) is 1.56. The lowest BCUT2D eigenvalue weighted by Crippen LogP contribution is -2.61. The Bertz CT molecular complexity index is 1230. The smallest absolute Gasteiger partial charge is 0.331 e. The van der Waals surface area contributed by atoms with Gasteiger partial charge in [-0.25, -0.2) is 4.79 Å². The van der Waals surface area contributed by atoms with Gasteiger partial charge in [0.2, 0.25) is 0 Å². The molecular formula is C36H56O13. The van der Waals surface area contributed by atoms with E-state index in [1.54, 1.807) is 13.2 Å². The molecule has 0 radical (unpaired) electrons. The molecule has 13 nitrogen and oxygen atoms in total. The molecule has 13 heteroatoms. The van der Waals surface area contributed by atoms with Gasteiger partial charge in [-0.15, -0.1) is 0 Å². The van der Waals surface area contributed by atoms with Gasteiger partial charge in [-0.05, 0) is 81.1 Å². The second-order valence-electron chi connectivity index (χ2n) is 15.9. The van der Waals surface area contributed by atoms with Crippen molar-refractivity contribution in [1.29, 1.82) is 0 Å². The van der Waals surface area contributed by atoms with Crippen molar-refractivity contribution in [3.8, 4) is 0 Å². The first-order valence-corrected chi connectivity index (χ1v) is 18.2. The number of hydrogen-bond donors (Lipinski definition) is 5. The van der Waals surface area contributed by atoms with Crippen LogP contribution in [0.2, 0.25) is 0 Å². The van der Waals surface area contributed by atoms with E-state index >= 15 is 0 Å². The summed E-state index contributed by atoms with van der Waals surface area (Å²) >= 11 is 0. The van der Waals surface area contributed by atoms with Gasteiger partial charge in [-0.1, -0.05) is 13.8 Å². The Labute approximate surface area is 288 Å². The Kier molecular flexibility index (Phi) is 11.3. The van der Waals surface area contributed by atoms with Gasteiger partial charge in [0.1, 0.15) is 42.9 Å². The molecular weight excluding hydrogens is 640 g/mol. The average molecular weight is 697 g/mol. The predicted octanol–water partition coefficient (Wildman–Crippen LogP) is 1.53. The van der Waals surface area contributed by atoms with Crippen LogP contribution >= 0.6 is 0 Å². The predicted molar refractivity (Wildman–Crippen MR) is 172 cm³/mol. The first-order chi connectivity index (χ1) is 23.3. The van der Waals surface area contributed by atoms with Crippen molar-refractivity contribution in [3.05, 3.63) is 11.6 Å². The zero-order chi connectivity index (χ0) is 35.2. The van der Waals surface area contributed by atoms with Crippen molar-refractivity contribution in [3.63, 3.8) is 0 Å². The van der Waals surface area contributed by atoms with Crippen LogP contribution in [0.3, 0.4) is 0 Å². The molecule has 3 heterocycles. The maximum absolute atomic E-state index is 13.5. The summed E-state index contributed by atoms with van der Waals surface area (Å²) in [5, 5.41) is 51.5. The highest BCUT2D eigenvalue weighted by atomic mass is 16.7. The molecule has 6 aliphatic rings. The summed E-state index contributed by atoms with van der Waals surface area (Å²) in [4.78, 5) is 25.3. The molecule has 49 heavy (non-hydrogen) atoms. The highest BCUT2D eigenvalue weighted by molar-refractivity contribution is 5.85. The van der Waals surface area contributed by atoms with Crippen LogP contribution in [0, 0.1) is 28.6 Å². The van der Waals surface area contributed by atoms with Crippen LogP contribution in [0.25, 0.3) is 0 Å². The van der Waals surface area contributed by atoms with Gasteiger partial charge in [0.05, 0.1) is 31.0 Å². The fourth-order valence-electron chi connectivity index (χ4n) is 10.0. The van der Waals surface area contributed by atoms with E-state index in [9.17, 15) is 35.1 Å². The highest BCUT2D eigenvalue weighted by Gasteiger charge is 2.54. The molecule has 0 aromatic rings. The highest BCUT2D eigenvalue weighted by Crippen LogP contribution is 2.57. The molecule has 0 aromatic heterocycles. The van der Waals surface area contributed by atoms with Crippen LogP contribution < -0.4 is 0 Å². The van der Waals surface area contributed by atoms with Gasteiger partial charge >= 0.3 is 5.97 Å². The van der Waals surface area contributed by atoms with Crippen molar-refractivity contribution < 1.29 is 63.5 Å². The third kappa shape index (κ3) is 7.14. The summed E-state index contributed by atoms with van der Waals surface area (Å²) in [5.74, 6) is 0.259. The van der Waals surface area contributed by atoms with E-state index in [1.165, 1.54) is 0 Å². The third-order valence-corrected chi connectivity index (χ3v) is 13.2. The minimum Gasteiger partial charge on any atom is -0.458 e. The number of aliphatic hydroxyl groups is 5. The number of carbonyl (C=O) groups is 2. The quantitative estimate of drug-likeness (QED) is 0.164. The molecule has 3 aliphatic heterocycles. The molecule has 0 unspecified atom stereocenters. The molecule has 3 saturated carbocycles. The minimum atomic E-state index is -1.55. The molecule has 0 spiro atoms. The lowest BCUT2D eigenvalue weighted by Gasteiger charge is -2.52. The van der Waals surface area contributed by atoms with Crippen LogP contribution in [0.15, 0.2) is 11.6 Å². The number of methoxy groups -OCH3 is 1. The first kappa shape index (κ1) is 37.2. The number of aliphatic hydroxyl groups excluding tert-OH is 5. The Hall–Kier alpha value is -1.52. The number of cyclic esters (lactones) is 1. The number of ketones is 1. The summed E-state index contributed by atoms with van der Waals surface area (Å²) in [6.45, 7) is 5.91. The maximum Gasteiger partial charge on any atom is 0.331 e. The fourth-order valence-corrected chi connectivity index (χ4v) is 10.0. The van der Waals surface area contributed by atoms with Gasteiger partial charge in [-0.2, -0.15) is 0 Å². The monoisotopic (exact) mass is 696 g/mol. The van der Waals surface area contributed by atoms with Crippen molar-refractivity contribution in [1.82, 2.24) is 0 Å². The van der Waals surface area contributed by atoms with Gasteiger partial charge in [0.15, 0.2) is 12.6 Å². The topological polar surface area (TPSA) is 191 Å². The van der Waals surface area contributed by atoms with Crippen molar-refractivity contribution in [2.75, 3.05) is 20.3 Å². The van der Waals surface area contributed by atoms with E-state index in [4.69, 9.17) is 28.4 Å². The molecule has 0 amide bonds. The maximum atomic E-state index is 13.5. The first-order valence-electron chi connectivity index (χ1n) is 18.2. The van der Waals surface area contributed by atoms with E-state index in [2.05, 4.69) is 13.8 Å². The number of fused-ring (bicyclic) bond motifs is 1. The van der Waals surface area contributed by atoms with Gasteiger partial charge in [0, 0.05) is 37.4 Å². The van der Waals surface area contributed by atoms with E-state index in [0.717, 1.165) is 37.7 Å². The molecule has 0 bridgehead atoms. The Morgan fingerprint density at radius 2 is 1.73 bits per heavy atom. The van der Waals surface area contributed by atoms with E-state index < -0.39 is 73.4 Å². The van der Waals surface area contributed by atoms with Gasteiger partial charge in [0.25, 0.3) is 0 Å². The summed E-state index contributed by atoms with van der Waals surface area (Å²) in [6, 6.07) is 0. The van der Waals surface area contributed by atoms with E-state index in [1.807, 2.05) is 6.92 Å². The van der Waals surface area contributed by atoms with Crippen LogP contribution in [-0.2, 0) is 38.0 Å². The fraction of sp³-hybridized carbons (Fsp3) is 0.889. The van der Waals surface area contributed by atoms with Crippen LogP contribution in [0.5, 0.6) is 0 Å². The van der Waals surface area contributed by atoms with Crippen molar-refractivity contribution in [2.24, 2.45) is 28.6 Å². The molecule has 278 valence electrons. The van der Waals surface area contributed by atoms with Crippen LogP contribution in [0.4, 0.5) is 0 Å². The lowest BCUT2D eigenvalue weighted by atomic mass is 9.53. The number of Topliss-reactive ketones (excluding diaryl/α,β-unsaturated/α-hetero) is 1. The number of ether oxygens (including phenoxy) is 6. The van der Waals surface area contributed by atoms with E-state index in [0.29, 0.717) is 43.8 Å². The van der Waals surface area contributed by atoms with Gasteiger partial charge < -0.3 is 54.0 Å². The standard InChI is InChI=1S/C36H56O13/c1-18-33(49-34-32(43)31(42)30(41)26(16-37)48-34)25(44-4)15-29(46-18)47-21-9-11-35(2)20(14-21)5-7-24(38)23(35)10-12-36(3)22(6-8-27(36)39)19-13-28(40)45-17-19/h13,18,20-23,25-27,29-34,37,39,41-43H,5-12,14-17H2,1-4H3/t18-,20-,21+,22-,23+,25-,26-,27+,29+,30-,31+,32-,33+,34+,35+,36-/m1/s1. The minimum absolute atomic E-state index is 0.0602. The molecule has 3 aliphatic carbocycles. The Morgan fingerprint density at radius 1 is 0.959 bits per heavy atom. The summed E-state index contributed by atoms with van der Waals surface area (Å²) in [6.07, 6.45) is -1.11. The van der Waals surface area contributed by atoms with Crippen molar-refractivity contribution in [2.45, 2.75) is 152 Å². The van der Waals surface area contributed by atoms with Crippen LogP contribution in [-0.4, -0.2) is 125 Å². The molecule has 2 saturated heterocycles. The number of rotatable bonds is 10. The zero-order valence-electron chi connectivity index (χ0n) is 29.1.